The summed E-state index contributed by atoms with van der Waals surface area (Å²) in [6, 6.07) is 1.83. The molecule has 1 saturated heterocycles. The van der Waals surface area contributed by atoms with Crippen molar-refractivity contribution in [3.63, 3.8) is 0 Å². The van der Waals surface area contributed by atoms with Crippen LogP contribution in [0.1, 0.15) is 54.6 Å². The Hall–Kier alpha value is -1.58. The number of amides is 1. The van der Waals surface area contributed by atoms with E-state index >= 15 is 0 Å². The van der Waals surface area contributed by atoms with Gasteiger partial charge >= 0.3 is 0 Å². The van der Waals surface area contributed by atoms with Crippen LogP contribution in [0.5, 0.6) is 0 Å². The molecule has 2 fully saturated rings. The minimum atomic E-state index is 0.0251. The lowest BCUT2D eigenvalue weighted by Crippen LogP contribution is -2.43. The van der Waals surface area contributed by atoms with Gasteiger partial charge in [0.05, 0.1) is 11.8 Å². The molecule has 20 heavy (non-hydrogen) atoms. The molecule has 1 saturated carbocycles. The molecular formula is C16H21NO3. The van der Waals surface area contributed by atoms with Crippen LogP contribution in [-0.4, -0.2) is 29.2 Å². The number of ketones is 1. The first kappa shape index (κ1) is 13.4. The summed E-state index contributed by atoms with van der Waals surface area (Å²) in [4.78, 5) is 26.7. The number of hydrogen-bond acceptors (Lipinski definition) is 3. The Balaban J connectivity index is 1.80. The van der Waals surface area contributed by atoms with Crippen LogP contribution in [0, 0.1) is 12.8 Å². The van der Waals surface area contributed by atoms with Gasteiger partial charge in [-0.2, -0.15) is 0 Å². The second-order valence-corrected chi connectivity index (χ2v) is 5.92. The molecule has 0 radical (unpaired) electrons. The lowest BCUT2D eigenvalue weighted by molar-refractivity contribution is -0.126. The number of aryl methyl sites for hydroxylation is 1. The molecular weight excluding hydrogens is 254 g/mol. The van der Waals surface area contributed by atoms with Gasteiger partial charge in [0.1, 0.15) is 11.5 Å². The number of likely N-dealkylation sites (tertiary alicyclic amines) is 1. The summed E-state index contributed by atoms with van der Waals surface area (Å²) in [5.41, 5.74) is 0.639. The molecule has 0 aromatic carbocycles. The van der Waals surface area contributed by atoms with E-state index in [2.05, 4.69) is 0 Å². The Morgan fingerprint density at radius 1 is 1.30 bits per heavy atom. The van der Waals surface area contributed by atoms with Crippen molar-refractivity contribution in [2.75, 3.05) is 6.54 Å². The fraction of sp³-hybridized carbons (Fsp3) is 0.625. The van der Waals surface area contributed by atoms with E-state index < -0.39 is 0 Å². The number of Topliss-reactive ketones (excluding diaryl/α,β-unsaturated/α-hetero) is 1. The first-order chi connectivity index (χ1) is 9.68. The van der Waals surface area contributed by atoms with E-state index in [1.54, 1.807) is 12.3 Å². The minimum Gasteiger partial charge on any atom is -0.469 e. The molecule has 1 aliphatic heterocycles. The quantitative estimate of drug-likeness (QED) is 0.833. The smallest absolute Gasteiger partial charge is 0.257 e. The molecule has 0 spiro atoms. The number of nitrogens with zero attached hydrogens (tertiary/aromatic N) is 1. The van der Waals surface area contributed by atoms with E-state index in [4.69, 9.17) is 4.42 Å². The number of carbonyl (C=O) groups is 2. The van der Waals surface area contributed by atoms with Gasteiger partial charge in [-0.15, -0.1) is 0 Å². The van der Waals surface area contributed by atoms with Crippen LogP contribution in [0.15, 0.2) is 16.7 Å². The Kier molecular flexibility index (Phi) is 3.64. The van der Waals surface area contributed by atoms with Crippen LogP contribution in [0.2, 0.25) is 0 Å². The lowest BCUT2D eigenvalue weighted by atomic mass is 9.81. The summed E-state index contributed by atoms with van der Waals surface area (Å²) in [6.45, 7) is 2.57. The molecule has 1 aliphatic carbocycles. The second kappa shape index (κ2) is 5.43. The summed E-state index contributed by atoms with van der Waals surface area (Å²) >= 11 is 0. The molecule has 108 valence electrons. The van der Waals surface area contributed by atoms with Gasteiger partial charge in [-0.25, -0.2) is 0 Å². The van der Waals surface area contributed by atoms with E-state index in [-0.39, 0.29) is 17.9 Å². The van der Waals surface area contributed by atoms with E-state index in [0.717, 1.165) is 38.6 Å². The molecule has 2 aliphatic rings. The van der Waals surface area contributed by atoms with Crippen LogP contribution in [0.25, 0.3) is 0 Å². The molecule has 1 amide bonds. The molecule has 3 rings (SSSR count). The SMILES string of the molecule is Cc1occc1C(=O)N1CCCC1C1CCCCC1=O. The molecule has 1 aromatic heterocycles. The maximum absolute atomic E-state index is 12.6. The van der Waals surface area contributed by atoms with Gasteiger partial charge in [-0.1, -0.05) is 6.42 Å². The molecule has 0 N–H and O–H groups in total. The molecule has 1 aromatic rings. The molecule has 2 heterocycles. The average Bonchev–Trinajstić information content (AvgIpc) is 3.07. The summed E-state index contributed by atoms with van der Waals surface area (Å²) in [6.07, 6.45) is 7.26. The largest absolute Gasteiger partial charge is 0.469 e. The third-order valence-electron chi connectivity index (χ3n) is 4.72. The zero-order chi connectivity index (χ0) is 14.1. The predicted octanol–water partition coefficient (Wildman–Crippen LogP) is 2.95. The average molecular weight is 275 g/mol. The first-order valence-corrected chi connectivity index (χ1v) is 7.56. The lowest BCUT2D eigenvalue weighted by Gasteiger charge is -2.33. The van der Waals surface area contributed by atoms with Crippen LogP contribution < -0.4 is 0 Å². The highest BCUT2D eigenvalue weighted by Crippen LogP contribution is 2.33. The molecule has 0 bridgehead atoms. The van der Waals surface area contributed by atoms with Gasteiger partial charge in [0.2, 0.25) is 0 Å². The van der Waals surface area contributed by atoms with Crippen LogP contribution in [-0.2, 0) is 4.79 Å². The normalized spacial score (nSPS) is 27.1. The fourth-order valence-corrected chi connectivity index (χ4v) is 3.64. The molecule has 4 nitrogen and oxygen atoms in total. The first-order valence-electron chi connectivity index (χ1n) is 7.56. The summed E-state index contributed by atoms with van der Waals surface area (Å²) in [7, 11) is 0. The Labute approximate surface area is 119 Å². The minimum absolute atomic E-state index is 0.0251. The van der Waals surface area contributed by atoms with Crippen LogP contribution >= 0.6 is 0 Å². The zero-order valence-corrected chi connectivity index (χ0v) is 11.9. The van der Waals surface area contributed by atoms with Gasteiger partial charge < -0.3 is 9.32 Å². The van der Waals surface area contributed by atoms with Crippen molar-refractivity contribution in [2.45, 2.75) is 51.5 Å². The third-order valence-corrected chi connectivity index (χ3v) is 4.72. The van der Waals surface area contributed by atoms with Crippen molar-refractivity contribution < 1.29 is 14.0 Å². The highest BCUT2D eigenvalue weighted by Gasteiger charge is 2.39. The molecule has 2 unspecified atom stereocenters. The van der Waals surface area contributed by atoms with Crippen LogP contribution in [0.4, 0.5) is 0 Å². The number of carbonyl (C=O) groups excluding carboxylic acids is 2. The fourth-order valence-electron chi connectivity index (χ4n) is 3.64. The monoisotopic (exact) mass is 275 g/mol. The van der Waals surface area contributed by atoms with Gasteiger partial charge in [0.15, 0.2) is 0 Å². The van der Waals surface area contributed by atoms with Crippen molar-refractivity contribution in [2.24, 2.45) is 5.92 Å². The van der Waals surface area contributed by atoms with Gasteiger partial charge in [0.25, 0.3) is 5.91 Å². The second-order valence-electron chi connectivity index (χ2n) is 5.92. The van der Waals surface area contributed by atoms with Gasteiger partial charge in [0, 0.05) is 24.9 Å². The highest BCUT2D eigenvalue weighted by atomic mass is 16.3. The van der Waals surface area contributed by atoms with Gasteiger partial charge in [-0.3, -0.25) is 9.59 Å². The summed E-state index contributed by atoms with van der Waals surface area (Å²) in [5, 5.41) is 0. The van der Waals surface area contributed by atoms with Gasteiger partial charge in [-0.05, 0) is 38.7 Å². The van der Waals surface area contributed by atoms with Crippen molar-refractivity contribution >= 4 is 11.7 Å². The topological polar surface area (TPSA) is 50.5 Å². The van der Waals surface area contributed by atoms with Crippen molar-refractivity contribution in [1.29, 1.82) is 0 Å². The molecule has 2 atom stereocenters. The standard InChI is InChI=1S/C16H21NO3/c1-11-12(8-10-20-11)16(19)17-9-4-6-14(17)13-5-2-3-7-15(13)18/h8,10,13-14H,2-7,9H2,1H3. The number of rotatable bonds is 2. The van der Waals surface area contributed by atoms with Crippen molar-refractivity contribution in [3.8, 4) is 0 Å². The van der Waals surface area contributed by atoms with Crippen molar-refractivity contribution in [1.82, 2.24) is 4.90 Å². The number of furan rings is 1. The molecule has 4 heteroatoms. The zero-order valence-electron chi connectivity index (χ0n) is 11.9. The van der Waals surface area contributed by atoms with Crippen LogP contribution in [0.3, 0.4) is 0 Å². The summed E-state index contributed by atoms with van der Waals surface area (Å²) in [5.74, 6) is 1.10. The van der Waals surface area contributed by atoms with E-state index in [1.807, 2.05) is 11.8 Å². The Bertz CT molecular complexity index is 520. The highest BCUT2D eigenvalue weighted by molar-refractivity contribution is 5.96. The number of hydrogen-bond donors (Lipinski definition) is 0. The maximum Gasteiger partial charge on any atom is 0.257 e. The summed E-state index contributed by atoms with van der Waals surface area (Å²) < 4.78 is 5.23. The third kappa shape index (κ3) is 2.28. The Morgan fingerprint density at radius 3 is 2.85 bits per heavy atom. The van der Waals surface area contributed by atoms with E-state index in [1.165, 1.54) is 0 Å². The van der Waals surface area contributed by atoms with E-state index in [0.29, 0.717) is 23.5 Å². The van der Waals surface area contributed by atoms with Crippen molar-refractivity contribution in [3.05, 3.63) is 23.7 Å². The Morgan fingerprint density at radius 2 is 2.15 bits per heavy atom. The maximum atomic E-state index is 12.6. The van der Waals surface area contributed by atoms with E-state index in [9.17, 15) is 9.59 Å². The predicted molar refractivity (Wildman–Crippen MR) is 74.5 cm³/mol.